The summed E-state index contributed by atoms with van der Waals surface area (Å²) in [4.78, 5) is 16.1. The summed E-state index contributed by atoms with van der Waals surface area (Å²) in [7, 11) is 0. The first-order valence-electron chi connectivity index (χ1n) is 8.01. The molecule has 2 heterocycles. The fourth-order valence-electron chi connectivity index (χ4n) is 2.38. The smallest absolute Gasteiger partial charge is 0.229 e. The number of carbonyl (C=O) groups excluding carboxylic acids is 1. The highest BCUT2D eigenvalue weighted by Crippen LogP contribution is 2.10. The third-order valence-electron chi connectivity index (χ3n) is 3.60. The van der Waals surface area contributed by atoms with E-state index >= 15 is 0 Å². The van der Waals surface area contributed by atoms with Gasteiger partial charge >= 0.3 is 0 Å². The quantitative estimate of drug-likeness (QED) is 0.725. The molecule has 1 aromatic carbocycles. The molecule has 3 aromatic rings. The molecule has 6 nitrogen and oxygen atoms in total. The van der Waals surface area contributed by atoms with Crippen LogP contribution in [0.15, 0.2) is 60.9 Å². The van der Waals surface area contributed by atoms with Crippen LogP contribution in [-0.2, 0) is 17.8 Å². The number of rotatable bonds is 6. The Morgan fingerprint density at radius 3 is 2.44 bits per heavy atom. The van der Waals surface area contributed by atoms with E-state index in [1.165, 1.54) is 0 Å². The monoisotopic (exact) mass is 333 g/mol. The van der Waals surface area contributed by atoms with Gasteiger partial charge in [0, 0.05) is 18.9 Å². The molecule has 3 rings (SSSR count). The summed E-state index contributed by atoms with van der Waals surface area (Å²) in [6.07, 6.45) is 3.80. The molecule has 0 fully saturated rings. The van der Waals surface area contributed by atoms with E-state index in [1.807, 2.05) is 43.3 Å². The van der Waals surface area contributed by atoms with Crippen LogP contribution < -0.4 is 10.6 Å². The Hall–Kier alpha value is -3.28. The van der Waals surface area contributed by atoms with Gasteiger partial charge in [-0.2, -0.15) is 0 Å². The lowest BCUT2D eigenvalue weighted by Crippen LogP contribution is -2.16. The van der Waals surface area contributed by atoms with Gasteiger partial charge < -0.3 is 10.6 Å². The second-order valence-corrected chi connectivity index (χ2v) is 5.73. The van der Waals surface area contributed by atoms with E-state index in [0.29, 0.717) is 24.6 Å². The maximum absolute atomic E-state index is 12.1. The van der Waals surface area contributed by atoms with E-state index in [1.54, 1.807) is 24.5 Å². The van der Waals surface area contributed by atoms with E-state index in [9.17, 15) is 4.79 Å². The van der Waals surface area contributed by atoms with Crippen LogP contribution in [0.3, 0.4) is 0 Å². The second kappa shape index (κ2) is 8.01. The molecule has 0 aliphatic heterocycles. The van der Waals surface area contributed by atoms with Crippen LogP contribution in [0.4, 0.5) is 11.6 Å². The number of pyridine rings is 1. The topological polar surface area (TPSA) is 79.8 Å². The Bertz CT molecular complexity index is 834. The zero-order valence-electron chi connectivity index (χ0n) is 13.9. The number of hydrogen-bond donors (Lipinski definition) is 2. The van der Waals surface area contributed by atoms with Crippen molar-refractivity contribution in [1.82, 2.24) is 15.2 Å². The van der Waals surface area contributed by atoms with Gasteiger partial charge in [-0.1, -0.05) is 29.8 Å². The Kier molecular flexibility index (Phi) is 5.31. The van der Waals surface area contributed by atoms with Gasteiger partial charge in [0.1, 0.15) is 5.82 Å². The summed E-state index contributed by atoms with van der Waals surface area (Å²) in [5, 5.41) is 14.0. The average molecular weight is 333 g/mol. The number of aryl methyl sites for hydroxylation is 1. The Balaban J connectivity index is 1.52. The van der Waals surface area contributed by atoms with Crippen molar-refractivity contribution in [2.75, 3.05) is 10.6 Å². The van der Waals surface area contributed by atoms with Gasteiger partial charge in [0.25, 0.3) is 0 Å². The van der Waals surface area contributed by atoms with Crippen LogP contribution in [0.1, 0.15) is 16.7 Å². The largest absolute Gasteiger partial charge is 0.365 e. The number of anilines is 2. The zero-order chi connectivity index (χ0) is 17.5. The maximum Gasteiger partial charge on any atom is 0.229 e. The molecule has 0 saturated heterocycles. The fraction of sp³-hybridized carbons (Fsp3) is 0.158. The van der Waals surface area contributed by atoms with Gasteiger partial charge in [0.2, 0.25) is 5.91 Å². The first kappa shape index (κ1) is 16.6. The van der Waals surface area contributed by atoms with E-state index in [0.717, 1.165) is 16.7 Å². The molecule has 2 aromatic heterocycles. The first-order chi connectivity index (χ1) is 12.2. The van der Waals surface area contributed by atoms with E-state index in [-0.39, 0.29) is 5.91 Å². The molecule has 25 heavy (non-hydrogen) atoms. The van der Waals surface area contributed by atoms with Gasteiger partial charge in [-0.15, -0.1) is 10.2 Å². The van der Waals surface area contributed by atoms with Gasteiger partial charge in [-0.25, -0.2) is 0 Å². The summed E-state index contributed by atoms with van der Waals surface area (Å²) in [6, 6.07) is 15.3. The summed E-state index contributed by atoms with van der Waals surface area (Å²) in [6.45, 7) is 2.64. The SMILES string of the molecule is Cc1cccc(CC(=O)Nc2ccc(NCc3ccncc3)nn2)c1. The van der Waals surface area contributed by atoms with Crippen LogP contribution in [0.25, 0.3) is 0 Å². The van der Waals surface area contributed by atoms with Crippen LogP contribution >= 0.6 is 0 Å². The predicted molar refractivity (Wildman–Crippen MR) is 97.1 cm³/mol. The zero-order valence-corrected chi connectivity index (χ0v) is 13.9. The van der Waals surface area contributed by atoms with Crippen molar-refractivity contribution in [2.24, 2.45) is 0 Å². The van der Waals surface area contributed by atoms with Crippen molar-refractivity contribution < 1.29 is 4.79 Å². The van der Waals surface area contributed by atoms with Crippen molar-refractivity contribution in [2.45, 2.75) is 19.9 Å². The highest BCUT2D eigenvalue weighted by Gasteiger charge is 2.06. The van der Waals surface area contributed by atoms with E-state index in [4.69, 9.17) is 0 Å². The molecule has 0 aliphatic rings. The third kappa shape index (κ3) is 5.10. The fourth-order valence-corrected chi connectivity index (χ4v) is 2.38. The molecule has 0 spiro atoms. The standard InChI is InChI=1S/C19H19N5O/c1-14-3-2-4-16(11-14)12-19(25)22-18-6-5-17(23-24-18)21-13-15-7-9-20-10-8-15/h2-11H,12-13H2,1H3,(H,21,23)(H,22,24,25). The van der Waals surface area contributed by atoms with E-state index < -0.39 is 0 Å². The minimum atomic E-state index is -0.114. The van der Waals surface area contributed by atoms with Crippen molar-refractivity contribution in [3.05, 3.63) is 77.6 Å². The lowest BCUT2D eigenvalue weighted by atomic mass is 10.1. The molecule has 0 saturated carbocycles. The Labute approximate surface area is 146 Å². The summed E-state index contributed by atoms with van der Waals surface area (Å²) in [5.74, 6) is 0.970. The lowest BCUT2D eigenvalue weighted by molar-refractivity contribution is -0.115. The predicted octanol–water partition coefficient (Wildman–Crippen LogP) is 2.97. The molecular formula is C19H19N5O. The van der Waals surface area contributed by atoms with Crippen LogP contribution in [0.2, 0.25) is 0 Å². The van der Waals surface area contributed by atoms with E-state index in [2.05, 4.69) is 25.8 Å². The number of nitrogens with one attached hydrogen (secondary N) is 2. The number of carbonyl (C=O) groups is 1. The van der Waals surface area contributed by atoms with Gasteiger partial charge in [0.05, 0.1) is 6.42 Å². The summed E-state index contributed by atoms with van der Waals surface area (Å²) < 4.78 is 0. The number of nitrogens with zero attached hydrogens (tertiary/aromatic N) is 3. The minimum Gasteiger partial charge on any atom is -0.365 e. The van der Waals surface area contributed by atoms with Crippen LogP contribution in [0.5, 0.6) is 0 Å². The van der Waals surface area contributed by atoms with Crippen molar-refractivity contribution in [3.8, 4) is 0 Å². The number of hydrogen-bond acceptors (Lipinski definition) is 5. The molecule has 2 N–H and O–H groups in total. The molecule has 0 radical (unpaired) electrons. The maximum atomic E-state index is 12.1. The summed E-state index contributed by atoms with van der Waals surface area (Å²) in [5.41, 5.74) is 3.21. The second-order valence-electron chi connectivity index (χ2n) is 5.73. The number of amides is 1. The molecule has 0 bridgehead atoms. The van der Waals surface area contributed by atoms with Crippen molar-refractivity contribution in [3.63, 3.8) is 0 Å². The van der Waals surface area contributed by atoms with Gasteiger partial charge in [-0.05, 0) is 42.3 Å². The number of aromatic nitrogens is 3. The highest BCUT2D eigenvalue weighted by molar-refractivity contribution is 5.91. The highest BCUT2D eigenvalue weighted by atomic mass is 16.1. The lowest BCUT2D eigenvalue weighted by Gasteiger charge is -2.07. The normalized spacial score (nSPS) is 10.3. The van der Waals surface area contributed by atoms with Gasteiger partial charge in [-0.3, -0.25) is 9.78 Å². The van der Waals surface area contributed by atoms with Gasteiger partial charge in [0.15, 0.2) is 5.82 Å². The first-order valence-corrected chi connectivity index (χ1v) is 8.01. The van der Waals surface area contributed by atoms with Crippen molar-refractivity contribution in [1.29, 1.82) is 0 Å². The van der Waals surface area contributed by atoms with Crippen molar-refractivity contribution >= 4 is 17.5 Å². The molecule has 0 aliphatic carbocycles. The van der Waals surface area contributed by atoms with Crippen LogP contribution in [0, 0.1) is 6.92 Å². The Morgan fingerprint density at radius 1 is 0.960 bits per heavy atom. The third-order valence-corrected chi connectivity index (χ3v) is 3.60. The molecule has 0 unspecified atom stereocenters. The molecule has 1 amide bonds. The molecule has 6 heteroatoms. The molecule has 126 valence electrons. The molecular weight excluding hydrogens is 314 g/mol. The average Bonchev–Trinajstić information content (AvgIpc) is 2.62. The summed E-state index contributed by atoms with van der Waals surface area (Å²) >= 11 is 0. The number of benzene rings is 1. The molecule has 0 atom stereocenters. The Morgan fingerprint density at radius 2 is 1.72 bits per heavy atom. The minimum absolute atomic E-state index is 0.114. The van der Waals surface area contributed by atoms with Crippen LogP contribution in [-0.4, -0.2) is 21.1 Å².